The van der Waals surface area contributed by atoms with Crippen molar-refractivity contribution in [1.29, 1.82) is 0 Å². The molecule has 0 saturated heterocycles. The van der Waals surface area contributed by atoms with Crippen molar-refractivity contribution in [3.8, 4) is 0 Å². The summed E-state index contributed by atoms with van der Waals surface area (Å²) in [4.78, 5) is 0. The van der Waals surface area contributed by atoms with Crippen LogP contribution in [0.1, 0.15) is 49.3 Å². The fourth-order valence-corrected chi connectivity index (χ4v) is 3.47. The lowest BCUT2D eigenvalue weighted by Crippen LogP contribution is -2.34. The second-order valence-electron chi connectivity index (χ2n) is 5.99. The van der Waals surface area contributed by atoms with Gasteiger partial charge in [-0.1, -0.05) is 49.1 Å². The summed E-state index contributed by atoms with van der Waals surface area (Å²) < 4.78 is 0. The molecule has 0 radical (unpaired) electrons. The Morgan fingerprint density at radius 1 is 1.11 bits per heavy atom. The van der Waals surface area contributed by atoms with E-state index in [1.54, 1.807) is 0 Å². The third kappa shape index (κ3) is 3.84. The van der Waals surface area contributed by atoms with Crippen LogP contribution in [-0.4, -0.2) is 12.6 Å². The highest BCUT2D eigenvalue weighted by Gasteiger charge is 2.21. The van der Waals surface area contributed by atoms with E-state index < -0.39 is 0 Å². The van der Waals surface area contributed by atoms with Crippen LogP contribution in [0.25, 0.3) is 0 Å². The van der Waals surface area contributed by atoms with Crippen LogP contribution in [0.4, 0.5) is 0 Å². The highest BCUT2D eigenvalue weighted by atomic mass is 14.9. The fourth-order valence-electron chi connectivity index (χ4n) is 3.47. The standard InChI is InChI=1S/C17H27N/c1-4-18-17-7-5-6-15(12-17)11-16-9-13(2)8-14(3)10-16/h8-10,15,17-18H,4-7,11-12H2,1-3H3. The van der Waals surface area contributed by atoms with Gasteiger partial charge in [-0.15, -0.1) is 0 Å². The van der Waals surface area contributed by atoms with E-state index in [9.17, 15) is 0 Å². The molecular weight excluding hydrogens is 218 g/mol. The summed E-state index contributed by atoms with van der Waals surface area (Å²) in [5, 5.41) is 3.62. The van der Waals surface area contributed by atoms with Gasteiger partial charge in [0.25, 0.3) is 0 Å². The molecular formula is C17H27N. The molecule has 1 heteroatoms. The van der Waals surface area contributed by atoms with E-state index in [0.717, 1.165) is 18.5 Å². The quantitative estimate of drug-likeness (QED) is 0.845. The van der Waals surface area contributed by atoms with E-state index in [0.29, 0.717) is 0 Å². The first-order valence-electron chi connectivity index (χ1n) is 7.48. The zero-order chi connectivity index (χ0) is 13.0. The molecule has 1 nitrogen and oxygen atoms in total. The molecule has 0 spiro atoms. The molecule has 0 heterocycles. The van der Waals surface area contributed by atoms with Gasteiger partial charge in [0.2, 0.25) is 0 Å². The van der Waals surface area contributed by atoms with Gasteiger partial charge in [-0.2, -0.15) is 0 Å². The molecule has 100 valence electrons. The van der Waals surface area contributed by atoms with Crippen LogP contribution in [0, 0.1) is 19.8 Å². The van der Waals surface area contributed by atoms with Crippen molar-refractivity contribution >= 4 is 0 Å². The molecule has 2 unspecified atom stereocenters. The van der Waals surface area contributed by atoms with Crippen LogP contribution in [-0.2, 0) is 6.42 Å². The van der Waals surface area contributed by atoms with Crippen LogP contribution in [0.3, 0.4) is 0 Å². The average Bonchev–Trinajstić information content (AvgIpc) is 2.28. The van der Waals surface area contributed by atoms with Crippen LogP contribution >= 0.6 is 0 Å². The van der Waals surface area contributed by atoms with Crippen molar-refractivity contribution in [1.82, 2.24) is 5.32 Å². The van der Waals surface area contributed by atoms with Crippen molar-refractivity contribution in [2.24, 2.45) is 5.92 Å². The van der Waals surface area contributed by atoms with Gasteiger partial charge in [-0.25, -0.2) is 0 Å². The molecule has 1 N–H and O–H groups in total. The van der Waals surface area contributed by atoms with Crippen LogP contribution in [0.5, 0.6) is 0 Å². The van der Waals surface area contributed by atoms with Crippen LogP contribution < -0.4 is 5.32 Å². The Labute approximate surface area is 112 Å². The first-order chi connectivity index (χ1) is 8.67. The van der Waals surface area contributed by atoms with E-state index in [-0.39, 0.29) is 0 Å². The minimum atomic E-state index is 0.764. The second-order valence-corrected chi connectivity index (χ2v) is 5.99. The Morgan fingerprint density at radius 2 is 1.83 bits per heavy atom. The van der Waals surface area contributed by atoms with E-state index in [4.69, 9.17) is 0 Å². The summed E-state index contributed by atoms with van der Waals surface area (Å²) in [6.45, 7) is 7.74. The second kappa shape index (κ2) is 6.38. The van der Waals surface area contributed by atoms with Gasteiger partial charge in [-0.05, 0) is 51.1 Å². The smallest absolute Gasteiger partial charge is 0.00697 e. The molecule has 2 rings (SSSR count). The summed E-state index contributed by atoms with van der Waals surface area (Å²) in [5.74, 6) is 0.879. The predicted molar refractivity (Wildman–Crippen MR) is 79.0 cm³/mol. The Bertz CT molecular complexity index is 361. The minimum Gasteiger partial charge on any atom is -0.314 e. The van der Waals surface area contributed by atoms with Gasteiger partial charge in [0.15, 0.2) is 0 Å². The summed E-state index contributed by atoms with van der Waals surface area (Å²) in [5.41, 5.74) is 4.35. The van der Waals surface area contributed by atoms with Crippen molar-refractivity contribution in [3.63, 3.8) is 0 Å². The van der Waals surface area contributed by atoms with E-state index in [1.807, 2.05) is 0 Å². The predicted octanol–water partition coefficient (Wildman–Crippen LogP) is 4.01. The SMILES string of the molecule is CCNC1CCCC(Cc2cc(C)cc(C)c2)C1. The zero-order valence-corrected chi connectivity index (χ0v) is 12.1. The number of benzene rings is 1. The molecule has 1 aliphatic carbocycles. The number of nitrogens with one attached hydrogen (secondary N) is 1. The maximum absolute atomic E-state index is 3.62. The van der Waals surface area contributed by atoms with Crippen molar-refractivity contribution in [2.45, 2.75) is 58.9 Å². The highest BCUT2D eigenvalue weighted by molar-refractivity contribution is 5.28. The van der Waals surface area contributed by atoms with Gasteiger partial charge in [0.1, 0.15) is 0 Å². The van der Waals surface area contributed by atoms with Crippen LogP contribution in [0.15, 0.2) is 18.2 Å². The molecule has 1 aromatic rings. The van der Waals surface area contributed by atoms with Gasteiger partial charge in [0, 0.05) is 6.04 Å². The maximum Gasteiger partial charge on any atom is 0.00697 e. The van der Waals surface area contributed by atoms with Gasteiger partial charge >= 0.3 is 0 Å². The topological polar surface area (TPSA) is 12.0 Å². The molecule has 1 aromatic carbocycles. The largest absolute Gasteiger partial charge is 0.314 e. The summed E-state index contributed by atoms with van der Waals surface area (Å²) >= 11 is 0. The average molecular weight is 245 g/mol. The minimum absolute atomic E-state index is 0.764. The lowest BCUT2D eigenvalue weighted by atomic mass is 9.81. The third-order valence-corrected chi connectivity index (χ3v) is 4.08. The fraction of sp³-hybridized carbons (Fsp3) is 0.647. The number of hydrogen-bond acceptors (Lipinski definition) is 1. The Balaban J connectivity index is 1.95. The third-order valence-electron chi connectivity index (χ3n) is 4.08. The molecule has 0 aliphatic heterocycles. The van der Waals surface area contributed by atoms with Gasteiger partial charge in [0.05, 0.1) is 0 Å². The highest BCUT2D eigenvalue weighted by Crippen LogP contribution is 2.27. The Morgan fingerprint density at radius 3 is 2.50 bits per heavy atom. The molecule has 1 saturated carbocycles. The maximum atomic E-state index is 3.62. The molecule has 1 fully saturated rings. The van der Waals surface area contributed by atoms with E-state index in [2.05, 4.69) is 44.3 Å². The van der Waals surface area contributed by atoms with Gasteiger partial charge < -0.3 is 5.32 Å². The molecule has 0 aromatic heterocycles. The molecule has 18 heavy (non-hydrogen) atoms. The van der Waals surface area contributed by atoms with E-state index in [1.165, 1.54) is 48.8 Å². The normalized spacial score (nSPS) is 24.2. The summed E-state index contributed by atoms with van der Waals surface area (Å²) in [6.07, 6.45) is 6.81. The number of rotatable bonds is 4. The lowest BCUT2D eigenvalue weighted by molar-refractivity contribution is 0.287. The number of hydrogen-bond donors (Lipinski definition) is 1. The summed E-state index contributed by atoms with van der Waals surface area (Å²) in [6, 6.07) is 7.76. The summed E-state index contributed by atoms with van der Waals surface area (Å²) in [7, 11) is 0. The van der Waals surface area contributed by atoms with Crippen molar-refractivity contribution < 1.29 is 0 Å². The molecule has 0 amide bonds. The lowest BCUT2D eigenvalue weighted by Gasteiger charge is -2.29. The Kier molecular flexibility index (Phi) is 4.82. The van der Waals surface area contributed by atoms with E-state index >= 15 is 0 Å². The number of aryl methyl sites for hydroxylation is 2. The zero-order valence-electron chi connectivity index (χ0n) is 12.1. The monoisotopic (exact) mass is 245 g/mol. The molecule has 0 bridgehead atoms. The van der Waals surface area contributed by atoms with Crippen molar-refractivity contribution in [2.75, 3.05) is 6.54 Å². The van der Waals surface area contributed by atoms with Crippen molar-refractivity contribution in [3.05, 3.63) is 34.9 Å². The van der Waals surface area contributed by atoms with Gasteiger partial charge in [-0.3, -0.25) is 0 Å². The van der Waals surface area contributed by atoms with Crippen LogP contribution in [0.2, 0.25) is 0 Å². The first kappa shape index (κ1) is 13.6. The Hall–Kier alpha value is -0.820. The molecule has 2 atom stereocenters. The molecule has 1 aliphatic rings. The first-order valence-corrected chi connectivity index (χ1v) is 7.48.